The maximum absolute atomic E-state index is 11.0. The molecule has 0 radical (unpaired) electrons. The van der Waals surface area contributed by atoms with Gasteiger partial charge in [-0.3, -0.25) is 4.79 Å². The summed E-state index contributed by atoms with van der Waals surface area (Å²) in [6.45, 7) is 7.25. The Kier molecular flexibility index (Phi) is 3.57. The number of carbonyl (C=O) groups excluding carboxylic acids is 1. The highest BCUT2D eigenvalue weighted by Gasteiger charge is 2.12. The van der Waals surface area contributed by atoms with Crippen LogP contribution in [0.5, 0.6) is 0 Å². The quantitative estimate of drug-likeness (QED) is 0.352. The lowest BCUT2D eigenvalue weighted by molar-refractivity contribution is -0.709. The van der Waals surface area contributed by atoms with Gasteiger partial charge in [0.15, 0.2) is 6.72 Å². The molecular weight excluding hydrogens is 142 g/mol. The summed E-state index contributed by atoms with van der Waals surface area (Å²) in [6, 6.07) is 0. The molecule has 0 saturated heterocycles. The van der Waals surface area contributed by atoms with Crippen LogP contribution in [-0.2, 0) is 4.79 Å². The molecule has 1 amide bonds. The van der Waals surface area contributed by atoms with E-state index in [-0.39, 0.29) is 11.8 Å². The summed E-state index contributed by atoms with van der Waals surface area (Å²) >= 11 is 0. The smallest absolute Gasteiger partial charge is 0.269 e. The molecule has 0 aromatic carbocycles. The maximum atomic E-state index is 11.0. The molecule has 0 atom stereocenters. The lowest BCUT2D eigenvalue weighted by Gasteiger charge is -2.09. The van der Waals surface area contributed by atoms with Crippen molar-refractivity contribution in [2.24, 2.45) is 5.92 Å². The van der Waals surface area contributed by atoms with Crippen LogP contribution in [0.4, 0.5) is 0 Å². The van der Waals surface area contributed by atoms with Crippen molar-refractivity contribution in [3.8, 4) is 0 Å². The molecule has 0 unspecified atom stereocenters. The fourth-order valence-corrected chi connectivity index (χ4v) is 0.356. The average Bonchev–Trinajstić information content (AvgIpc) is 1.87. The highest BCUT2D eigenvalue weighted by Crippen LogP contribution is 1.89. The molecule has 11 heavy (non-hydrogen) atoms. The van der Waals surface area contributed by atoms with E-state index in [2.05, 4.69) is 12.1 Å². The van der Waals surface area contributed by atoms with Gasteiger partial charge >= 0.3 is 0 Å². The van der Waals surface area contributed by atoms with E-state index in [1.165, 1.54) is 4.79 Å². The first-order valence-electron chi connectivity index (χ1n) is 3.53. The Hall–Kier alpha value is -1.06. The molecule has 64 valence electrons. The zero-order valence-corrected chi connectivity index (χ0v) is 7.59. The van der Waals surface area contributed by atoms with Crippen molar-refractivity contribution < 1.29 is 9.59 Å². The van der Waals surface area contributed by atoms with Gasteiger partial charge in [0.2, 0.25) is 0 Å². The summed E-state index contributed by atoms with van der Waals surface area (Å²) < 4.78 is 0. The minimum absolute atomic E-state index is 0.0146. The van der Waals surface area contributed by atoms with Gasteiger partial charge in [-0.15, -0.1) is 5.43 Å². The number of nitrogens with zero attached hydrogens (tertiary/aromatic N) is 2. The van der Waals surface area contributed by atoms with Crippen molar-refractivity contribution in [1.82, 2.24) is 10.4 Å². The third kappa shape index (κ3) is 3.60. The Bertz CT molecular complexity index is 145. The molecule has 0 aromatic rings. The van der Waals surface area contributed by atoms with Crippen LogP contribution in [0, 0.1) is 5.92 Å². The van der Waals surface area contributed by atoms with Gasteiger partial charge in [0.25, 0.3) is 5.91 Å². The molecule has 0 rings (SSSR count). The highest BCUT2D eigenvalue weighted by molar-refractivity contribution is 5.76. The second-order valence-corrected chi connectivity index (χ2v) is 2.88. The van der Waals surface area contributed by atoms with E-state index >= 15 is 0 Å². The van der Waals surface area contributed by atoms with Gasteiger partial charge in [0.1, 0.15) is 0 Å². The molecule has 0 aliphatic carbocycles. The van der Waals surface area contributed by atoms with Gasteiger partial charge in [0, 0.05) is 5.92 Å². The number of hydrogen-bond donors (Lipinski definition) is 1. The van der Waals surface area contributed by atoms with Gasteiger partial charge < -0.3 is 0 Å². The Labute approximate surface area is 67.4 Å². The zero-order chi connectivity index (χ0) is 9.02. The fraction of sp³-hybridized carbons (Fsp3) is 0.714. The molecule has 4 nitrogen and oxygen atoms in total. The molecule has 0 fully saturated rings. The van der Waals surface area contributed by atoms with E-state index < -0.39 is 0 Å². The summed E-state index contributed by atoms with van der Waals surface area (Å²) in [6.07, 6.45) is 0. The molecule has 0 bridgehead atoms. The summed E-state index contributed by atoms with van der Waals surface area (Å²) in [4.78, 5) is 12.4. The van der Waals surface area contributed by atoms with E-state index in [4.69, 9.17) is 0 Å². The Morgan fingerprint density at radius 3 is 2.27 bits per heavy atom. The van der Waals surface area contributed by atoms with Crippen molar-refractivity contribution in [3.63, 3.8) is 0 Å². The minimum Gasteiger partial charge on any atom is -0.269 e. The Morgan fingerprint density at radius 2 is 2.00 bits per heavy atom. The van der Waals surface area contributed by atoms with Gasteiger partial charge in [-0.05, 0) is 4.79 Å². The molecule has 0 saturated carbocycles. The molecule has 0 spiro atoms. The van der Waals surface area contributed by atoms with Crippen LogP contribution in [0.15, 0.2) is 0 Å². The van der Waals surface area contributed by atoms with E-state index in [0.29, 0.717) is 0 Å². The normalized spacial score (nSPS) is 9.55. The third-order valence-electron chi connectivity index (χ3n) is 1.25. The van der Waals surface area contributed by atoms with Gasteiger partial charge in [-0.2, -0.15) is 5.01 Å². The van der Waals surface area contributed by atoms with E-state index in [1.54, 1.807) is 19.1 Å². The number of hydrazine groups is 2. The number of carbonyl (C=O) groups is 1. The van der Waals surface area contributed by atoms with Crippen molar-refractivity contribution in [3.05, 3.63) is 0 Å². The number of rotatable bonds is 3. The summed E-state index contributed by atoms with van der Waals surface area (Å²) in [7, 11) is 3.60. The SMILES string of the molecule is C=[N+](NC(=O)C(C)C)N(C)C. The lowest BCUT2D eigenvalue weighted by Crippen LogP contribution is -2.43. The number of hydrogen-bond acceptors (Lipinski definition) is 2. The molecule has 0 aliphatic rings. The van der Waals surface area contributed by atoms with Gasteiger partial charge in [-0.25, -0.2) is 0 Å². The van der Waals surface area contributed by atoms with Gasteiger partial charge in [-0.1, -0.05) is 13.8 Å². The first-order valence-corrected chi connectivity index (χ1v) is 3.53. The van der Waals surface area contributed by atoms with Crippen molar-refractivity contribution in [2.45, 2.75) is 13.8 Å². The maximum Gasteiger partial charge on any atom is 0.279 e. The number of hydrazone groups is 2. The number of nitrogens with one attached hydrogen (secondary N) is 1. The van der Waals surface area contributed by atoms with Crippen LogP contribution in [0.25, 0.3) is 0 Å². The lowest BCUT2D eigenvalue weighted by atomic mass is 10.2. The minimum atomic E-state index is -0.0336. The van der Waals surface area contributed by atoms with E-state index in [9.17, 15) is 4.79 Å². The third-order valence-corrected chi connectivity index (χ3v) is 1.25. The average molecular weight is 158 g/mol. The second kappa shape index (κ2) is 3.95. The van der Waals surface area contributed by atoms with Crippen molar-refractivity contribution in [1.29, 1.82) is 0 Å². The monoisotopic (exact) mass is 158 g/mol. The largest absolute Gasteiger partial charge is 0.279 e. The molecule has 0 heterocycles. The standard InChI is InChI=1S/C7H15N3O/c1-6(2)7(11)8-10(5)9(3)4/h6H,5H2,1-4H3/p+1. The van der Waals surface area contributed by atoms with Gasteiger partial charge in [0.05, 0.1) is 14.1 Å². The first kappa shape index (κ1) is 9.94. The molecule has 0 aromatic heterocycles. The second-order valence-electron chi connectivity index (χ2n) is 2.88. The van der Waals surface area contributed by atoms with Crippen LogP contribution < -0.4 is 5.43 Å². The predicted molar refractivity (Wildman–Crippen MR) is 44.0 cm³/mol. The topological polar surface area (TPSA) is 35.4 Å². The van der Waals surface area contributed by atoms with Crippen LogP contribution in [0.3, 0.4) is 0 Å². The van der Waals surface area contributed by atoms with Crippen LogP contribution >= 0.6 is 0 Å². The Morgan fingerprint density at radius 1 is 1.55 bits per heavy atom. The summed E-state index contributed by atoms with van der Waals surface area (Å²) in [5, 5.41) is 1.68. The summed E-state index contributed by atoms with van der Waals surface area (Å²) in [5.41, 5.74) is 2.59. The summed E-state index contributed by atoms with van der Waals surface area (Å²) in [5.74, 6) is -0.0482. The zero-order valence-electron chi connectivity index (χ0n) is 7.59. The van der Waals surface area contributed by atoms with Crippen LogP contribution in [0.2, 0.25) is 0 Å². The van der Waals surface area contributed by atoms with Crippen LogP contribution in [0.1, 0.15) is 13.8 Å². The first-order chi connectivity index (χ1) is 4.95. The molecule has 4 heteroatoms. The Balaban J connectivity index is 3.86. The molecule has 0 aliphatic heterocycles. The highest BCUT2D eigenvalue weighted by atomic mass is 16.2. The van der Waals surface area contributed by atoms with Crippen molar-refractivity contribution in [2.75, 3.05) is 14.1 Å². The molecular formula is C7H16N3O+. The number of amides is 1. The van der Waals surface area contributed by atoms with E-state index in [0.717, 1.165) is 0 Å². The predicted octanol–water partition coefficient (Wildman–Crippen LogP) is -0.137. The molecule has 1 N–H and O–H groups in total. The fourth-order valence-electron chi connectivity index (χ4n) is 0.356. The van der Waals surface area contributed by atoms with Crippen LogP contribution in [-0.4, -0.2) is 36.5 Å². The van der Waals surface area contributed by atoms with E-state index in [1.807, 2.05) is 13.8 Å². The van der Waals surface area contributed by atoms with Crippen molar-refractivity contribution >= 4 is 12.6 Å².